The first-order chi connectivity index (χ1) is 5.27. The second-order valence-electron chi connectivity index (χ2n) is 1.96. The molecule has 3 nitrogen and oxygen atoms in total. The van der Waals surface area contributed by atoms with E-state index in [0.717, 1.165) is 0 Å². The molecule has 0 aromatic heterocycles. The molecule has 0 bridgehead atoms. The largest absolute Gasteiger partial charge is 0.495 e. The lowest BCUT2D eigenvalue weighted by molar-refractivity contribution is 0.388. The third-order valence-electron chi connectivity index (χ3n) is 1.28. The van der Waals surface area contributed by atoms with Crippen LogP contribution in [-0.2, 0) is 0 Å². The highest BCUT2D eigenvalue weighted by atomic mass is 35.5. The van der Waals surface area contributed by atoms with Crippen molar-refractivity contribution in [2.75, 3.05) is 12.6 Å². The lowest BCUT2D eigenvalue weighted by Gasteiger charge is -2.03. The van der Waals surface area contributed by atoms with Crippen molar-refractivity contribution in [1.29, 1.82) is 0 Å². The Morgan fingerprint density at radius 2 is 2.27 bits per heavy atom. The normalized spacial score (nSPS) is 9.36. The maximum Gasteiger partial charge on any atom is 0.137 e. The number of anilines is 1. The molecule has 0 amide bonds. The van der Waals surface area contributed by atoms with Gasteiger partial charge in [0.05, 0.1) is 17.8 Å². The van der Waals surface area contributed by atoms with Crippen LogP contribution in [0.3, 0.4) is 0 Å². The minimum atomic E-state index is 0.464. The van der Waals surface area contributed by atoms with Crippen molar-refractivity contribution in [3.05, 3.63) is 23.2 Å². The van der Waals surface area contributed by atoms with Gasteiger partial charge in [-0.25, -0.2) is 0 Å². The molecular formula is C7H8ClNO2. The number of hydrogen-bond acceptors (Lipinski definition) is 3. The van der Waals surface area contributed by atoms with Crippen LogP contribution in [0.1, 0.15) is 0 Å². The Kier molecular flexibility index (Phi) is 2.57. The smallest absolute Gasteiger partial charge is 0.137 e. The zero-order chi connectivity index (χ0) is 8.27. The minimum absolute atomic E-state index is 0.464. The van der Waals surface area contributed by atoms with E-state index in [4.69, 9.17) is 21.5 Å². The zero-order valence-electron chi connectivity index (χ0n) is 5.97. The fourth-order valence-corrected chi connectivity index (χ4v) is 0.994. The van der Waals surface area contributed by atoms with Crippen molar-refractivity contribution in [3.63, 3.8) is 0 Å². The average molecular weight is 174 g/mol. The van der Waals surface area contributed by atoms with Crippen molar-refractivity contribution in [1.82, 2.24) is 0 Å². The van der Waals surface area contributed by atoms with E-state index in [1.165, 1.54) is 7.11 Å². The lowest BCUT2D eigenvalue weighted by atomic mass is 10.3. The fraction of sp³-hybridized carbons (Fsp3) is 0.143. The van der Waals surface area contributed by atoms with Crippen LogP contribution in [0.15, 0.2) is 18.2 Å². The number of rotatable bonds is 2. The summed E-state index contributed by atoms with van der Waals surface area (Å²) in [6, 6.07) is 4.89. The van der Waals surface area contributed by atoms with E-state index in [9.17, 15) is 0 Å². The molecule has 0 unspecified atom stereocenters. The zero-order valence-corrected chi connectivity index (χ0v) is 6.72. The summed E-state index contributed by atoms with van der Waals surface area (Å²) in [6.07, 6.45) is 0. The van der Waals surface area contributed by atoms with Crippen LogP contribution >= 0.6 is 11.6 Å². The van der Waals surface area contributed by atoms with Crippen LogP contribution in [0.25, 0.3) is 0 Å². The molecule has 4 heteroatoms. The Balaban J connectivity index is 2.99. The highest BCUT2D eigenvalue weighted by molar-refractivity contribution is 6.32. The molecule has 0 heterocycles. The number of halogens is 1. The molecule has 0 radical (unpaired) electrons. The van der Waals surface area contributed by atoms with Crippen LogP contribution in [-0.4, -0.2) is 12.3 Å². The van der Waals surface area contributed by atoms with Crippen molar-refractivity contribution < 1.29 is 9.94 Å². The summed E-state index contributed by atoms with van der Waals surface area (Å²) in [7, 11) is 1.53. The van der Waals surface area contributed by atoms with Crippen molar-refractivity contribution in [2.45, 2.75) is 0 Å². The Bertz CT molecular complexity index is 252. The van der Waals surface area contributed by atoms with Crippen molar-refractivity contribution >= 4 is 17.3 Å². The van der Waals surface area contributed by atoms with Gasteiger partial charge in [0.15, 0.2) is 0 Å². The van der Waals surface area contributed by atoms with Gasteiger partial charge in [-0.05, 0) is 18.2 Å². The molecule has 0 aliphatic rings. The summed E-state index contributed by atoms with van der Waals surface area (Å²) < 4.78 is 4.90. The monoisotopic (exact) mass is 173 g/mol. The molecule has 11 heavy (non-hydrogen) atoms. The van der Waals surface area contributed by atoms with Gasteiger partial charge < -0.3 is 4.74 Å². The summed E-state index contributed by atoms with van der Waals surface area (Å²) in [5, 5.41) is 8.94. The molecule has 0 spiro atoms. The summed E-state index contributed by atoms with van der Waals surface area (Å²) in [4.78, 5) is 0. The van der Waals surface area contributed by atoms with Crippen molar-refractivity contribution in [3.8, 4) is 5.75 Å². The average Bonchev–Trinajstić information content (AvgIpc) is 2.04. The standard InChI is InChI=1S/C7H8ClNO2/c1-11-7-3-2-5(9-10)4-6(7)8/h2-4,9-10H,1H3. The third kappa shape index (κ3) is 1.76. The molecule has 1 aromatic rings. The predicted molar refractivity (Wildman–Crippen MR) is 43.4 cm³/mol. The van der Waals surface area contributed by atoms with E-state index in [2.05, 4.69) is 0 Å². The second kappa shape index (κ2) is 3.46. The highest BCUT2D eigenvalue weighted by Gasteiger charge is 1.99. The molecule has 1 aromatic carbocycles. The maximum atomic E-state index is 8.48. The topological polar surface area (TPSA) is 41.5 Å². The third-order valence-corrected chi connectivity index (χ3v) is 1.58. The first kappa shape index (κ1) is 8.17. The number of ether oxygens (including phenoxy) is 1. The Hall–Kier alpha value is -0.930. The van der Waals surface area contributed by atoms with Crippen LogP contribution in [0.4, 0.5) is 5.69 Å². The minimum Gasteiger partial charge on any atom is -0.495 e. The molecule has 1 rings (SSSR count). The first-order valence-corrected chi connectivity index (χ1v) is 3.39. The summed E-state index contributed by atoms with van der Waals surface area (Å²) >= 11 is 5.73. The first-order valence-electron chi connectivity index (χ1n) is 3.01. The summed E-state index contributed by atoms with van der Waals surface area (Å²) in [5.41, 5.74) is 2.52. The van der Waals surface area contributed by atoms with Gasteiger partial charge in [0, 0.05) is 0 Å². The van der Waals surface area contributed by atoms with Gasteiger partial charge in [-0.1, -0.05) is 11.6 Å². The van der Waals surface area contributed by atoms with Gasteiger partial charge in [0.2, 0.25) is 0 Å². The highest BCUT2D eigenvalue weighted by Crippen LogP contribution is 2.26. The molecule has 2 N–H and O–H groups in total. The SMILES string of the molecule is COc1ccc(NO)cc1Cl. The maximum absolute atomic E-state index is 8.48. The predicted octanol–water partition coefficient (Wildman–Crippen LogP) is 2.15. The van der Waals surface area contributed by atoms with Gasteiger partial charge in [-0.3, -0.25) is 10.7 Å². The van der Waals surface area contributed by atoms with Crippen molar-refractivity contribution in [2.24, 2.45) is 0 Å². The molecule has 0 atom stereocenters. The Morgan fingerprint density at radius 1 is 1.55 bits per heavy atom. The molecule has 0 aliphatic carbocycles. The fourth-order valence-electron chi connectivity index (χ4n) is 0.736. The van der Waals surface area contributed by atoms with E-state index >= 15 is 0 Å². The van der Waals surface area contributed by atoms with Gasteiger partial charge in [0.1, 0.15) is 5.75 Å². The quantitative estimate of drug-likeness (QED) is 0.674. The van der Waals surface area contributed by atoms with E-state index in [-0.39, 0.29) is 0 Å². The van der Waals surface area contributed by atoms with E-state index in [1.54, 1.807) is 18.2 Å². The van der Waals surface area contributed by atoms with Gasteiger partial charge in [0.25, 0.3) is 0 Å². The molecular weight excluding hydrogens is 166 g/mol. The van der Waals surface area contributed by atoms with Crippen LogP contribution in [0.5, 0.6) is 5.75 Å². The van der Waals surface area contributed by atoms with Gasteiger partial charge in [-0.2, -0.15) is 0 Å². The number of nitrogens with one attached hydrogen (secondary N) is 1. The van der Waals surface area contributed by atoms with E-state index < -0.39 is 0 Å². The Morgan fingerprint density at radius 3 is 2.73 bits per heavy atom. The second-order valence-corrected chi connectivity index (χ2v) is 2.37. The number of hydrogen-bond donors (Lipinski definition) is 2. The van der Waals surface area contributed by atoms with Crippen LogP contribution in [0, 0.1) is 0 Å². The van der Waals surface area contributed by atoms with E-state index in [0.29, 0.717) is 16.5 Å². The Labute approximate surface area is 69.5 Å². The molecule has 0 fully saturated rings. The number of benzene rings is 1. The van der Waals surface area contributed by atoms with E-state index in [1.807, 2.05) is 5.48 Å². The molecule has 0 saturated heterocycles. The van der Waals surface area contributed by atoms with Gasteiger partial charge >= 0.3 is 0 Å². The van der Waals surface area contributed by atoms with Crippen LogP contribution in [0.2, 0.25) is 5.02 Å². The molecule has 60 valence electrons. The molecule has 0 saturated carbocycles. The summed E-state index contributed by atoms with van der Waals surface area (Å²) in [6.45, 7) is 0. The van der Waals surface area contributed by atoms with Gasteiger partial charge in [-0.15, -0.1) is 0 Å². The molecule has 0 aliphatic heterocycles. The van der Waals surface area contributed by atoms with Crippen LogP contribution < -0.4 is 10.2 Å². The number of methoxy groups -OCH3 is 1. The summed E-state index contributed by atoms with van der Waals surface area (Å²) in [5.74, 6) is 0.589. The lowest BCUT2D eigenvalue weighted by Crippen LogP contribution is -1.90.